The van der Waals surface area contributed by atoms with E-state index < -0.39 is 0 Å². The molecule has 0 aromatic heterocycles. The van der Waals surface area contributed by atoms with Crippen LogP contribution in [0.4, 0.5) is 4.79 Å². The van der Waals surface area contributed by atoms with Gasteiger partial charge in [-0.25, -0.2) is 4.79 Å². The molecular formula is C18H27N3O2. The van der Waals surface area contributed by atoms with Gasteiger partial charge in [0.15, 0.2) is 0 Å². The minimum absolute atomic E-state index is 0.0523. The van der Waals surface area contributed by atoms with Crippen molar-refractivity contribution in [2.24, 2.45) is 0 Å². The number of urea groups is 1. The van der Waals surface area contributed by atoms with Crippen LogP contribution in [0.15, 0.2) is 24.3 Å². The molecule has 0 radical (unpaired) electrons. The molecule has 5 nitrogen and oxygen atoms in total. The van der Waals surface area contributed by atoms with Crippen LogP contribution < -0.4 is 16.0 Å². The molecule has 1 fully saturated rings. The summed E-state index contributed by atoms with van der Waals surface area (Å²) in [4.78, 5) is 23.5. The van der Waals surface area contributed by atoms with Crippen LogP contribution in [-0.2, 0) is 11.3 Å². The Balaban J connectivity index is 1.57. The second-order valence-corrected chi connectivity index (χ2v) is 6.25. The maximum Gasteiger partial charge on any atom is 0.315 e. The highest BCUT2D eigenvalue weighted by Crippen LogP contribution is 2.17. The Morgan fingerprint density at radius 3 is 2.43 bits per heavy atom. The number of carbonyl (C=O) groups is 2. The lowest BCUT2D eigenvalue weighted by Gasteiger charge is -2.22. The zero-order valence-electron chi connectivity index (χ0n) is 13.9. The molecule has 0 unspecified atom stereocenters. The summed E-state index contributed by atoms with van der Waals surface area (Å²) in [5, 5.41) is 8.59. The predicted molar refractivity (Wildman–Crippen MR) is 91.1 cm³/mol. The van der Waals surface area contributed by atoms with Crippen LogP contribution in [0.1, 0.15) is 49.7 Å². The van der Waals surface area contributed by atoms with Crippen molar-refractivity contribution in [2.75, 3.05) is 6.54 Å². The van der Waals surface area contributed by atoms with E-state index in [-0.39, 0.29) is 11.9 Å². The second kappa shape index (κ2) is 9.18. The Morgan fingerprint density at radius 2 is 1.74 bits per heavy atom. The van der Waals surface area contributed by atoms with Gasteiger partial charge in [-0.15, -0.1) is 0 Å². The molecule has 0 bridgehead atoms. The number of benzene rings is 1. The van der Waals surface area contributed by atoms with Crippen LogP contribution in [0.25, 0.3) is 0 Å². The second-order valence-electron chi connectivity index (χ2n) is 6.25. The monoisotopic (exact) mass is 317 g/mol. The predicted octanol–water partition coefficient (Wildman–Crippen LogP) is 2.63. The summed E-state index contributed by atoms with van der Waals surface area (Å²) in [6, 6.07) is 8.19. The molecule has 0 spiro atoms. The van der Waals surface area contributed by atoms with Gasteiger partial charge in [-0.2, -0.15) is 0 Å². The molecule has 0 saturated heterocycles. The summed E-state index contributed by atoms with van der Waals surface area (Å²) in [6.45, 7) is 2.91. The third-order valence-electron chi connectivity index (χ3n) is 4.19. The van der Waals surface area contributed by atoms with Crippen molar-refractivity contribution >= 4 is 11.9 Å². The molecule has 0 atom stereocenters. The molecule has 1 saturated carbocycles. The lowest BCUT2D eigenvalue weighted by molar-refractivity contribution is -0.121. The van der Waals surface area contributed by atoms with Gasteiger partial charge in [-0.05, 0) is 25.3 Å². The van der Waals surface area contributed by atoms with Crippen LogP contribution in [0.3, 0.4) is 0 Å². The Hall–Kier alpha value is -2.04. The van der Waals surface area contributed by atoms with Crippen LogP contribution >= 0.6 is 0 Å². The third kappa shape index (κ3) is 6.72. The van der Waals surface area contributed by atoms with Crippen LogP contribution in [0.2, 0.25) is 0 Å². The molecular weight excluding hydrogens is 290 g/mol. The van der Waals surface area contributed by atoms with Gasteiger partial charge in [0.2, 0.25) is 5.91 Å². The maximum atomic E-state index is 11.8. The third-order valence-corrected chi connectivity index (χ3v) is 4.19. The first kappa shape index (κ1) is 17.3. The van der Waals surface area contributed by atoms with Crippen LogP contribution in [0.5, 0.6) is 0 Å². The summed E-state index contributed by atoms with van der Waals surface area (Å²) in [5.74, 6) is -0.0523. The Bertz CT molecular complexity index is 508. The van der Waals surface area contributed by atoms with Gasteiger partial charge in [-0.3, -0.25) is 4.79 Å². The fourth-order valence-electron chi connectivity index (χ4n) is 2.77. The molecule has 1 aliphatic rings. The van der Waals surface area contributed by atoms with Crippen molar-refractivity contribution in [1.82, 2.24) is 16.0 Å². The lowest BCUT2D eigenvalue weighted by atomic mass is 9.96. The molecule has 23 heavy (non-hydrogen) atoms. The average Bonchev–Trinajstić information content (AvgIpc) is 2.55. The first-order valence-corrected chi connectivity index (χ1v) is 8.50. The number of hydrogen-bond acceptors (Lipinski definition) is 2. The van der Waals surface area contributed by atoms with Gasteiger partial charge in [0, 0.05) is 25.6 Å². The number of nitrogens with one attached hydrogen (secondary N) is 3. The smallest absolute Gasteiger partial charge is 0.315 e. The number of carbonyl (C=O) groups excluding carboxylic acids is 2. The number of amides is 3. The SMILES string of the molecule is Cc1ccc(CNC(=O)CCNC(=O)NC2CCCCC2)cc1. The van der Waals surface area contributed by atoms with E-state index in [2.05, 4.69) is 16.0 Å². The Labute approximate surface area is 138 Å². The zero-order chi connectivity index (χ0) is 16.5. The first-order valence-electron chi connectivity index (χ1n) is 8.50. The highest BCUT2D eigenvalue weighted by molar-refractivity contribution is 5.78. The van der Waals surface area contributed by atoms with Gasteiger partial charge < -0.3 is 16.0 Å². The van der Waals surface area contributed by atoms with E-state index in [9.17, 15) is 9.59 Å². The summed E-state index contributed by atoms with van der Waals surface area (Å²) >= 11 is 0. The molecule has 3 amide bonds. The standard InChI is InChI=1S/C18H27N3O2/c1-14-7-9-15(10-8-14)13-20-17(22)11-12-19-18(23)21-16-5-3-2-4-6-16/h7-10,16H,2-6,11-13H2,1H3,(H,20,22)(H2,19,21,23). The normalized spacial score (nSPS) is 15.0. The summed E-state index contributed by atoms with van der Waals surface area (Å²) in [7, 11) is 0. The number of hydrogen-bond donors (Lipinski definition) is 3. The summed E-state index contributed by atoms with van der Waals surface area (Å²) in [5.41, 5.74) is 2.28. The fourth-order valence-corrected chi connectivity index (χ4v) is 2.77. The van der Waals surface area contributed by atoms with Crippen molar-refractivity contribution in [1.29, 1.82) is 0 Å². The molecule has 2 rings (SSSR count). The van der Waals surface area contributed by atoms with Gasteiger partial charge in [0.25, 0.3) is 0 Å². The van der Waals surface area contributed by atoms with Crippen molar-refractivity contribution in [2.45, 2.75) is 58.0 Å². The van der Waals surface area contributed by atoms with Crippen molar-refractivity contribution in [3.63, 3.8) is 0 Å². The summed E-state index contributed by atoms with van der Waals surface area (Å²) < 4.78 is 0. The number of aryl methyl sites for hydroxylation is 1. The van der Waals surface area contributed by atoms with Gasteiger partial charge in [0.05, 0.1) is 0 Å². The minimum atomic E-state index is -0.164. The average molecular weight is 317 g/mol. The Kier molecular flexibility index (Phi) is 6.91. The van der Waals surface area contributed by atoms with Crippen molar-refractivity contribution in [3.8, 4) is 0 Å². The highest BCUT2D eigenvalue weighted by Gasteiger charge is 2.15. The fraction of sp³-hybridized carbons (Fsp3) is 0.556. The quantitative estimate of drug-likeness (QED) is 0.755. The van der Waals surface area contributed by atoms with Gasteiger partial charge in [-0.1, -0.05) is 49.1 Å². The molecule has 0 aliphatic heterocycles. The van der Waals surface area contributed by atoms with E-state index in [1.165, 1.54) is 24.8 Å². The molecule has 3 N–H and O–H groups in total. The summed E-state index contributed by atoms with van der Waals surface area (Å²) in [6.07, 6.45) is 6.05. The minimum Gasteiger partial charge on any atom is -0.352 e. The molecule has 5 heteroatoms. The molecule has 1 aromatic rings. The maximum absolute atomic E-state index is 11.8. The number of rotatable bonds is 6. The highest BCUT2D eigenvalue weighted by atomic mass is 16.2. The van der Waals surface area contributed by atoms with Gasteiger partial charge >= 0.3 is 6.03 Å². The lowest BCUT2D eigenvalue weighted by Crippen LogP contribution is -2.43. The van der Waals surface area contributed by atoms with Crippen LogP contribution in [0, 0.1) is 6.92 Å². The largest absolute Gasteiger partial charge is 0.352 e. The molecule has 1 aliphatic carbocycles. The van der Waals surface area contributed by atoms with E-state index in [0.717, 1.165) is 18.4 Å². The Morgan fingerprint density at radius 1 is 1.04 bits per heavy atom. The van der Waals surface area contributed by atoms with E-state index >= 15 is 0 Å². The molecule has 0 heterocycles. The van der Waals surface area contributed by atoms with E-state index in [0.29, 0.717) is 25.6 Å². The van der Waals surface area contributed by atoms with E-state index in [1.54, 1.807) is 0 Å². The molecule has 126 valence electrons. The van der Waals surface area contributed by atoms with Gasteiger partial charge in [0.1, 0.15) is 0 Å². The van der Waals surface area contributed by atoms with Crippen molar-refractivity contribution < 1.29 is 9.59 Å². The molecule has 1 aromatic carbocycles. The zero-order valence-corrected chi connectivity index (χ0v) is 13.9. The van der Waals surface area contributed by atoms with Crippen LogP contribution in [-0.4, -0.2) is 24.5 Å². The van der Waals surface area contributed by atoms with Crippen molar-refractivity contribution in [3.05, 3.63) is 35.4 Å². The topological polar surface area (TPSA) is 70.2 Å². The van der Waals surface area contributed by atoms with E-state index in [4.69, 9.17) is 0 Å². The van der Waals surface area contributed by atoms with E-state index in [1.807, 2.05) is 31.2 Å². The first-order chi connectivity index (χ1) is 11.1.